The fraction of sp³-hybridized carbons (Fsp3) is 0.909. The van der Waals surface area contributed by atoms with Gasteiger partial charge in [0.15, 0.2) is 0 Å². The predicted octanol–water partition coefficient (Wildman–Crippen LogP) is 0.0228. The first-order valence-electron chi connectivity index (χ1n) is 5.86. The van der Waals surface area contributed by atoms with Gasteiger partial charge in [-0.25, -0.2) is 4.79 Å². The van der Waals surface area contributed by atoms with Crippen LogP contribution >= 0.6 is 0 Å². The summed E-state index contributed by atoms with van der Waals surface area (Å²) < 4.78 is 9.94. The van der Waals surface area contributed by atoms with E-state index in [1.54, 1.807) is 6.92 Å². The van der Waals surface area contributed by atoms with Crippen molar-refractivity contribution in [2.75, 3.05) is 39.5 Å². The summed E-state index contributed by atoms with van der Waals surface area (Å²) in [6.07, 6.45) is 2.18. The van der Waals surface area contributed by atoms with Crippen LogP contribution in [0.3, 0.4) is 0 Å². The quantitative estimate of drug-likeness (QED) is 0.494. The number of rotatable bonds is 7. The smallest absolute Gasteiger partial charge is 0.332 e. The van der Waals surface area contributed by atoms with Crippen LogP contribution in [-0.4, -0.2) is 61.5 Å². The van der Waals surface area contributed by atoms with Gasteiger partial charge in [0.25, 0.3) is 0 Å². The molecule has 1 N–H and O–H groups in total. The first-order valence-corrected chi connectivity index (χ1v) is 5.86. The normalized spacial score (nSPS) is 21.2. The molecule has 1 unspecified atom stereocenters. The Kier molecular flexibility index (Phi) is 6.37. The standard InChI is InChI=1S/C11H21NO4/c1-2-16-11(14)9-15-7-6-12-5-3-4-10(12)8-13/h10,13H,2-9H2,1H3. The predicted molar refractivity (Wildman–Crippen MR) is 59.1 cm³/mol. The van der Waals surface area contributed by atoms with Gasteiger partial charge < -0.3 is 14.6 Å². The Morgan fingerprint density at radius 3 is 3.06 bits per heavy atom. The lowest BCUT2D eigenvalue weighted by molar-refractivity contribution is -0.148. The van der Waals surface area contributed by atoms with Crippen molar-refractivity contribution >= 4 is 5.97 Å². The van der Waals surface area contributed by atoms with Gasteiger partial charge in [0.1, 0.15) is 6.61 Å². The highest BCUT2D eigenvalue weighted by Crippen LogP contribution is 2.15. The van der Waals surface area contributed by atoms with Gasteiger partial charge >= 0.3 is 5.97 Å². The van der Waals surface area contributed by atoms with Crippen molar-refractivity contribution in [1.29, 1.82) is 0 Å². The minimum atomic E-state index is -0.317. The summed E-state index contributed by atoms with van der Waals surface area (Å²) in [5.41, 5.74) is 0. The van der Waals surface area contributed by atoms with E-state index >= 15 is 0 Å². The molecule has 16 heavy (non-hydrogen) atoms. The topological polar surface area (TPSA) is 59.0 Å². The molecule has 1 aliphatic heterocycles. The second kappa shape index (κ2) is 7.60. The van der Waals surface area contributed by atoms with E-state index in [1.165, 1.54) is 0 Å². The Bertz CT molecular complexity index is 210. The number of aliphatic hydroxyl groups is 1. The van der Waals surface area contributed by atoms with Crippen molar-refractivity contribution in [3.8, 4) is 0 Å². The second-order valence-corrected chi connectivity index (χ2v) is 3.87. The number of aliphatic hydroxyl groups excluding tert-OH is 1. The lowest BCUT2D eigenvalue weighted by Gasteiger charge is -2.22. The van der Waals surface area contributed by atoms with Crippen molar-refractivity contribution in [2.24, 2.45) is 0 Å². The molecule has 0 radical (unpaired) electrons. The van der Waals surface area contributed by atoms with Crippen LogP contribution in [0.1, 0.15) is 19.8 Å². The van der Waals surface area contributed by atoms with Crippen LogP contribution in [0.15, 0.2) is 0 Å². The lowest BCUT2D eigenvalue weighted by Crippen LogP contribution is -2.35. The van der Waals surface area contributed by atoms with Crippen molar-refractivity contribution in [2.45, 2.75) is 25.8 Å². The Labute approximate surface area is 96.3 Å². The molecular formula is C11H21NO4. The van der Waals surface area contributed by atoms with E-state index in [9.17, 15) is 4.79 Å². The Morgan fingerprint density at radius 1 is 1.56 bits per heavy atom. The summed E-state index contributed by atoms with van der Waals surface area (Å²) in [6, 6.07) is 0.270. The summed E-state index contributed by atoms with van der Waals surface area (Å²) in [5.74, 6) is -0.317. The molecule has 0 spiro atoms. The third kappa shape index (κ3) is 4.47. The summed E-state index contributed by atoms with van der Waals surface area (Å²) in [5, 5.41) is 9.09. The number of hydrogen-bond acceptors (Lipinski definition) is 5. The Hall–Kier alpha value is -0.650. The largest absolute Gasteiger partial charge is 0.464 e. The van der Waals surface area contributed by atoms with Gasteiger partial charge in [-0.2, -0.15) is 0 Å². The number of nitrogens with zero attached hydrogens (tertiary/aromatic N) is 1. The third-order valence-corrected chi connectivity index (χ3v) is 2.76. The minimum Gasteiger partial charge on any atom is -0.464 e. The molecule has 0 aromatic rings. The summed E-state index contributed by atoms with van der Waals surface area (Å²) in [4.78, 5) is 13.2. The molecule has 0 bridgehead atoms. The Balaban J connectivity index is 2.04. The Morgan fingerprint density at radius 2 is 2.38 bits per heavy atom. The number of carbonyl (C=O) groups is 1. The molecule has 1 fully saturated rings. The molecule has 0 aromatic heterocycles. The molecule has 94 valence electrons. The number of hydrogen-bond donors (Lipinski definition) is 1. The summed E-state index contributed by atoms with van der Waals surface area (Å²) in [7, 11) is 0. The molecule has 1 aliphatic rings. The summed E-state index contributed by atoms with van der Waals surface area (Å²) in [6.45, 7) is 4.67. The molecule has 1 atom stereocenters. The molecule has 0 aliphatic carbocycles. The van der Waals surface area contributed by atoms with E-state index in [0.29, 0.717) is 13.2 Å². The van der Waals surface area contributed by atoms with Gasteiger partial charge in [-0.1, -0.05) is 0 Å². The maximum atomic E-state index is 11.0. The van der Waals surface area contributed by atoms with Crippen LogP contribution in [0.25, 0.3) is 0 Å². The fourth-order valence-electron chi connectivity index (χ4n) is 1.94. The van der Waals surface area contributed by atoms with Gasteiger partial charge in [0.2, 0.25) is 0 Å². The molecule has 1 rings (SSSR count). The van der Waals surface area contributed by atoms with Crippen LogP contribution < -0.4 is 0 Å². The number of likely N-dealkylation sites (tertiary alicyclic amines) is 1. The van der Waals surface area contributed by atoms with Gasteiger partial charge in [0, 0.05) is 12.6 Å². The number of carbonyl (C=O) groups excluding carboxylic acids is 1. The third-order valence-electron chi connectivity index (χ3n) is 2.76. The van der Waals surface area contributed by atoms with Crippen LogP contribution in [-0.2, 0) is 14.3 Å². The molecular weight excluding hydrogens is 210 g/mol. The monoisotopic (exact) mass is 231 g/mol. The van der Waals surface area contributed by atoms with Gasteiger partial charge in [-0.3, -0.25) is 4.90 Å². The average Bonchev–Trinajstić information content (AvgIpc) is 2.72. The van der Waals surface area contributed by atoms with E-state index in [0.717, 1.165) is 25.9 Å². The molecule has 5 heteroatoms. The van der Waals surface area contributed by atoms with Crippen molar-refractivity contribution < 1.29 is 19.4 Å². The zero-order valence-corrected chi connectivity index (χ0v) is 9.85. The molecule has 5 nitrogen and oxygen atoms in total. The molecule has 0 amide bonds. The first kappa shape index (κ1) is 13.4. The highest BCUT2D eigenvalue weighted by Gasteiger charge is 2.22. The van der Waals surface area contributed by atoms with E-state index < -0.39 is 0 Å². The molecule has 0 aromatic carbocycles. The highest BCUT2D eigenvalue weighted by molar-refractivity contribution is 5.70. The molecule has 0 saturated carbocycles. The average molecular weight is 231 g/mol. The first-order chi connectivity index (χ1) is 7.77. The maximum absolute atomic E-state index is 11.0. The van der Waals surface area contributed by atoms with Crippen molar-refractivity contribution in [3.05, 3.63) is 0 Å². The van der Waals surface area contributed by atoms with E-state index in [4.69, 9.17) is 14.6 Å². The molecule has 1 saturated heterocycles. The van der Waals surface area contributed by atoms with E-state index in [-0.39, 0.29) is 25.2 Å². The zero-order valence-electron chi connectivity index (χ0n) is 9.85. The lowest BCUT2D eigenvalue weighted by atomic mass is 10.2. The highest BCUT2D eigenvalue weighted by atomic mass is 16.6. The van der Waals surface area contributed by atoms with Crippen LogP contribution in [0, 0.1) is 0 Å². The van der Waals surface area contributed by atoms with Crippen molar-refractivity contribution in [1.82, 2.24) is 4.90 Å². The van der Waals surface area contributed by atoms with E-state index in [1.807, 2.05) is 0 Å². The zero-order chi connectivity index (χ0) is 11.8. The van der Waals surface area contributed by atoms with Crippen LogP contribution in [0.2, 0.25) is 0 Å². The second-order valence-electron chi connectivity index (χ2n) is 3.87. The van der Waals surface area contributed by atoms with Crippen LogP contribution in [0.4, 0.5) is 0 Å². The van der Waals surface area contributed by atoms with E-state index in [2.05, 4.69) is 4.90 Å². The number of esters is 1. The van der Waals surface area contributed by atoms with Gasteiger partial charge in [-0.15, -0.1) is 0 Å². The summed E-state index contributed by atoms with van der Waals surface area (Å²) >= 11 is 0. The van der Waals surface area contributed by atoms with Crippen LogP contribution in [0.5, 0.6) is 0 Å². The maximum Gasteiger partial charge on any atom is 0.332 e. The van der Waals surface area contributed by atoms with Crippen molar-refractivity contribution in [3.63, 3.8) is 0 Å². The van der Waals surface area contributed by atoms with Gasteiger partial charge in [0.05, 0.1) is 19.8 Å². The molecule has 1 heterocycles. The minimum absolute atomic E-state index is 0.0193. The fourth-order valence-corrected chi connectivity index (χ4v) is 1.94. The van der Waals surface area contributed by atoms with Gasteiger partial charge in [-0.05, 0) is 26.3 Å². The number of ether oxygens (including phenoxy) is 2. The SMILES string of the molecule is CCOC(=O)COCCN1CCCC1CO.